The van der Waals surface area contributed by atoms with Crippen LogP contribution in [0.25, 0.3) is 0 Å². The quantitative estimate of drug-likeness (QED) is 0.553. The summed E-state index contributed by atoms with van der Waals surface area (Å²) in [6, 6.07) is 26.6. The van der Waals surface area contributed by atoms with Gasteiger partial charge in [0.2, 0.25) is 11.8 Å². The number of carbonyl (C=O) groups is 2. The number of nitrogens with one attached hydrogen (secondary N) is 1. The van der Waals surface area contributed by atoms with Crippen LogP contribution in [0.3, 0.4) is 0 Å². The predicted octanol–water partition coefficient (Wildman–Crippen LogP) is 4.12. The van der Waals surface area contributed by atoms with Gasteiger partial charge in [0.1, 0.15) is 6.04 Å². The number of rotatable bonds is 8. The Labute approximate surface area is 201 Å². The number of morpholine rings is 1. The van der Waals surface area contributed by atoms with E-state index in [0.29, 0.717) is 12.2 Å². The number of nitrogens with zero attached hydrogens (tertiary/aromatic N) is 2. The van der Waals surface area contributed by atoms with E-state index in [0.717, 1.165) is 43.1 Å². The van der Waals surface area contributed by atoms with Crippen LogP contribution in [0.5, 0.6) is 0 Å². The van der Waals surface area contributed by atoms with Crippen molar-refractivity contribution in [3.8, 4) is 0 Å². The van der Waals surface area contributed by atoms with Crippen molar-refractivity contribution in [3.63, 3.8) is 0 Å². The van der Waals surface area contributed by atoms with Crippen LogP contribution >= 0.6 is 0 Å². The zero-order valence-electron chi connectivity index (χ0n) is 19.5. The second-order valence-electron chi connectivity index (χ2n) is 8.48. The molecule has 0 bridgehead atoms. The van der Waals surface area contributed by atoms with Gasteiger partial charge in [-0.15, -0.1) is 0 Å². The van der Waals surface area contributed by atoms with E-state index < -0.39 is 6.04 Å². The highest BCUT2D eigenvalue weighted by atomic mass is 16.5. The van der Waals surface area contributed by atoms with E-state index in [1.807, 2.05) is 84.9 Å². The van der Waals surface area contributed by atoms with Crippen molar-refractivity contribution in [1.82, 2.24) is 4.90 Å². The third kappa shape index (κ3) is 6.23. The summed E-state index contributed by atoms with van der Waals surface area (Å²) in [5.41, 5.74) is 3.73. The number of benzene rings is 3. The average Bonchev–Trinajstić information content (AvgIpc) is 2.89. The first-order valence-corrected chi connectivity index (χ1v) is 11.7. The molecule has 1 aliphatic heterocycles. The average molecular weight is 458 g/mol. The lowest BCUT2D eigenvalue weighted by Gasteiger charge is -2.30. The van der Waals surface area contributed by atoms with Gasteiger partial charge in [0, 0.05) is 31.0 Å². The van der Waals surface area contributed by atoms with Crippen molar-refractivity contribution in [2.24, 2.45) is 0 Å². The van der Waals surface area contributed by atoms with Crippen LogP contribution in [0.2, 0.25) is 0 Å². The number of ether oxygens (including phenoxy) is 1. The smallest absolute Gasteiger partial charge is 0.246 e. The highest BCUT2D eigenvalue weighted by Gasteiger charge is 2.26. The van der Waals surface area contributed by atoms with Gasteiger partial charge in [-0.05, 0) is 42.3 Å². The second-order valence-corrected chi connectivity index (χ2v) is 8.48. The maximum atomic E-state index is 13.3. The summed E-state index contributed by atoms with van der Waals surface area (Å²) in [4.78, 5) is 30.3. The van der Waals surface area contributed by atoms with E-state index in [9.17, 15) is 9.59 Å². The molecule has 6 heteroatoms. The van der Waals surface area contributed by atoms with E-state index in [1.54, 1.807) is 11.8 Å². The van der Waals surface area contributed by atoms with Crippen LogP contribution in [0.1, 0.15) is 18.1 Å². The van der Waals surface area contributed by atoms with Gasteiger partial charge in [-0.25, -0.2) is 0 Å². The maximum absolute atomic E-state index is 13.3. The van der Waals surface area contributed by atoms with Gasteiger partial charge in [0.25, 0.3) is 0 Å². The van der Waals surface area contributed by atoms with Gasteiger partial charge in [-0.3, -0.25) is 9.59 Å². The molecule has 4 rings (SSSR count). The lowest BCUT2D eigenvalue weighted by atomic mass is 10.1. The lowest BCUT2D eigenvalue weighted by molar-refractivity contribution is -0.138. The van der Waals surface area contributed by atoms with Crippen molar-refractivity contribution < 1.29 is 14.3 Å². The third-order valence-corrected chi connectivity index (χ3v) is 6.07. The Morgan fingerprint density at radius 3 is 2.09 bits per heavy atom. The Bertz CT molecular complexity index is 1070. The summed E-state index contributed by atoms with van der Waals surface area (Å²) in [5.74, 6) is -0.295. The van der Waals surface area contributed by atoms with E-state index in [-0.39, 0.29) is 18.2 Å². The number of amides is 2. The molecule has 3 aromatic carbocycles. The number of hydrogen-bond acceptors (Lipinski definition) is 4. The van der Waals surface area contributed by atoms with Gasteiger partial charge in [0.05, 0.1) is 19.6 Å². The zero-order chi connectivity index (χ0) is 23.8. The SMILES string of the molecule is CC(C(=O)Nc1ccc(N2CCOCC2)cc1)N(Cc1ccccc1)C(=O)Cc1ccccc1. The minimum Gasteiger partial charge on any atom is -0.378 e. The first-order chi connectivity index (χ1) is 16.6. The highest BCUT2D eigenvalue weighted by molar-refractivity contribution is 5.97. The molecule has 0 aliphatic carbocycles. The third-order valence-electron chi connectivity index (χ3n) is 6.07. The van der Waals surface area contributed by atoms with Crippen LogP contribution in [-0.2, 0) is 27.3 Å². The fraction of sp³-hybridized carbons (Fsp3) is 0.286. The molecule has 1 aliphatic rings. The van der Waals surface area contributed by atoms with Crippen LogP contribution in [0.15, 0.2) is 84.9 Å². The molecule has 0 aromatic heterocycles. The molecule has 1 fully saturated rings. The largest absolute Gasteiger partial charge is 0.378 e. The summed E-state index contributed by atoms with van der Waals surface area (Å²) in [6.45, 7) is 5.33. The summed E-state index contributed by atoms with van der Waals surface area (Å²) in [7, 11) is 0. The standard InChI is InChI=1S/C28H31N3O3/c1-22(28(33)29-25-12-14-26(15-13-25)30-16-18-34-19-17-30)31(21-24-10-6-3-7-11-24)27(32)20-23-8-4-2-5-9-23/h2-15,22H,16-21H2,1H3,(H,29,33). The molecular formula is C28H31N3O3. The molecule has 3 aromatic rings. The molecule has 1 atom stereocenters. The molecule has 34 heavy (non-hydrogen) atoms. The Morgan fingerprint density at radius 2 is 1.47 bits per heavy atom. The zero-order valence-corrected chi connectivity index (χ0v) is 19.5. The molecule has 0 spiro atoms. The van der Waals surface area contributed by atoms with Crippen LogP contribution in [0, 0.1) is 0 Å². The van der Waals surface area contributed by atoms with Crippen LogP contribution < -0.4 is 10.2 Å². The molecule has 0 saturated carbocycles. The lowest BCUT2D eigenvalue weighted by Crippen LogP contribution is -2.45. The van der Waals surface area contributed by atoms with E-state index in [4.69, 9.17) is 4.74 Å². The first kappa shape index (κ1) is 23.5. The minimum absolute atomic E-state index is 0.0830. The van der Waals surface area contributed by atoms with Crippen molar-refractivity contribution in [1.29, 1.82) is 0 Å². The van der Waals surface area contributed by atoms with Gasteiger partial charge in [0.15, 0.2) is 0 Å². The number of anilines is 2. The summed E-state index contributed by atoms with van der Waals surface area (Å²) in [5, 5.41) is 2.98. The Balaban J connectivity index is 1.45. The van der Waals surface area contributed by atoms with Crippen molar-refractivity contribution in [2.75, 3.05) is 36.5 Å². The fourth-order valence-electron chi connectivity index (χ4n) is 4.06. The van der Waals surface area contributed by atoms with E-state index in [2.05, 4.69) is 10.2 Å². The molecule has 0 radical (unpaired) electrons. The van der Waals surface area contributed by atoms with Gasteiger partial charge in [-0.2, -0.15) is 0 Å². The van der Waals surface area contributed by atoms with Crippen molar-refractivity contribution >= 4 is 23.2 Å². The number of hydrogen-bond donors (Lipinski definition) is 1. The Morgan fingerprint density at radius 1 is 0.882 bits per heavy atom. The maximum Gasteiger partial charge on any atom is 0.246 e. The Hall–Kier alpha value is -3.64. The monoisotopic (exact) mass is 457 g/mol. The first-order valence-electron chi connectivity index (χ1n) is 11.7. The normalized spacial score (nSPS) is 14.3. The van der Waals surface area contributed by atoms with Gasteiger partial charge >= 0.3 is 0 Å². The topological polar surface area (TPSA) is 61.9 Å². The molecule has 6 nitrogen and oxygen atoms in total. The minimum atomic E-state index is -0.629. The van der Waals surface area contributed by atoms with Crippen molar-refractivity contribution in [2.45, 2.75) is 25.9 Å². The van der Waals surface area contributed by atoms with Gasteiger partial charge in [-0.1, -0.05) is 60.7 Å². The van der Waals surface area contributed by atoms with E-state index >= 15 is 0 Å². The summed E-state index contributed by atoms with van der Waals surface area (Å²) < 4.78 is 5.41. The van der Waals surface area contributed by atoms with Crippen LogP contribution in [-0.4, -0.2) is 49.1 Å². The van der Waals surface area contributed by atoms with Crippen molar-refractivity contribution in [3.05, 3.63) is 96.1 Å². The van der Waals surface area contributed by atoms with Gasteiger partial charge < -0.3 is 19.9 Å². The molecule has 1 unspecified atom stereocenters. The van der Waals surface area contributed by atoms with Crippen LogP contribution in [0.4, 0.5) is 11.4 Å². The summed E-state index contributed by atoms with van der Waals surface area (Å²) in [6.07, 6.45) is 0.250. The van der Waals surface area contributed by atoms with E-state index in [1.165, 1.54) is 0 Å². The molecule has 1 heterocycles. The highest BCUT2D eigenvalue weighted by Crippen LogP contribution is 2.20. The Kier molecular flexibility index (Phi) is 7.94. The molecule has 1 saturated heterocycles. The molecular weight excluding hydrogens is 426 g/mol. The molecule has 1 N–H and O–H groups in total. The fourth-order valence-corrected chi connectivity index (χ4v) is 4.06. The summed E-state index contributed by atoms with van der Waals surface area (Å²) >= 11 is 0. The number of carbonyl (C=O) groups excluding carboxylic acids is 2. The molecule has 2 amide bonds. The molecule has 176 valence electrons. The second kappa shape index (κ2) is 11.5. The predicted molar refractivity (Wildman–Crippen MR) is 135 cm³/mol.